The first-order valence-electron chi connectivity index (χ1n) is 5.38. The van der Waals surface area contributed by atoms with Crippen LogP contribution in [0.5, 0.6) is 0 Å². The van der Waals surface area contributed by atoms with Gasteiger partial charge in [-0.25, -0.2) is 4.57 Å². The lowest BCUT2D eigenvalue weighted by Gasteiger charge is -2.07. The fourth-order valence-electron chi connectivity index (χ4n) is 1.09. The van der Waals surface area contributed by atoms with Crippen LogP contribution in [0.1, 0.15) is 12.5 Å². The number of benzene rings is 1. The van der Waals surface area contributed by atoms with Gasteiger partial charge in [0.2, 0.25) is 0 Å². The highest BCUT2D eigenvalue weighted by Crippen LogP contribution is 2.32. The van der Waals surface area contributed by atoms with Gasteiger partial charge < -0.3 is 25.2 Å². The maximum atomic E-state index is 8.88. The van der Waals surface area contributed by atoms with E-state index in [9.17, 15) is 0 Å². The summed E-state index contributed by atoms with van der Waals surface area (Å²) in [4.78, 5) is 21.6. The molecule has 7 nitrogen and oxygen atoms in total. The van der Waals surface area contributed by atoms with E-state index in [1.807, 2.05) is 0 Å². The summed E-state index contributed by atoms with van der Waals surface area (Å²) in [6.07, 6.45) is 0. The number of hydrazone groups is 1. The fraction of sp³-hybridized carbons (Fsp3) is 0.300. The SMILES string of the molecule is CC(=NNCCO)c1ccc(Cl)c(Cl)c1Cl.O=P(O)(O)O. The predicted octanol–water partition coefficient (Wildman–Crippen LogP) is 2.02. The third-order valence-electron chi connectivity index (χ3n) is 1.90. The maximum Gasteiger partial charge on any atom is 0.466 e. The Balaban J connectivity index is 0.000000690. The van der Waals surface area contributed by atoms with Crippen molar-refractivity contribution >= 4 is 48.3 Å². The van der Waals surface area contributed by atoms with E-state index in [4.69, 9.17) is 59.2 Å². The largest absolute Gasteiger partial charge is 0.466 e. The number of aliphatic hydroxyl groups excluding tert-OH is 1. The number of hydrogen-bond acceptors (Lipinski definition) is 4. The number of rotatable bonds is 4. The van der Waals surface area contributed by atoms with Crippen LogP contribution in [0.25, 0.3) is 0 Å². The van der Waals surface area contributed by atoms with E-state index < -0.39 is 7.82 Å². The summed E-state index contributed by atoms with van der Waals surface area (Å²) < 4.78 is 8.88. The first-order chi connectivity index (χ1) is 9.57. The minimum Gasteiger partial charge on any atom is -0.394 e. The Morgan fingerprint density at radius 1 is 1.24 bits per heavy atom. The summed E-state index contributed by atoms with van der Waals surface area (Å²) in [7, 11) is -4.64. The molecular weight excluding hydrogens is 365 g/mol. The highest BCUT2D eigenvalue weighted by atomic mass is 35.5. The van der Waals surface area contributed by atoms with E-state index >= 15 is 0 Å². The summed E-state index contributed by atoms with van der Waals surface area (Å²) in [5.74, 6) is 0. The molecule has 0 bridgehead atoms. The lowest BCUT2D eigenvalue weighted by molar-refractivity contribution is 0.275. The highest BCUT2D eigenvalue weighted by molar-refractivity contribution is 7.45. The van der Waals surface area contributed by atoms with Crippen molar-refractivity contribution in [2.24, 2.45) is 5.10 Å². The molecule has 0 unspecified atom stereocenters. The Labute approximate surface area is 136 Å². The van der Waals surface area contributed by atoms with Crippen LogP contribution in [0.15, 0.2) is 17.2 Å². The summed E-state index contributed by atoms with van der Waals surface area (Å²) in [5, 5.41) is 13.7. The molecule has 0 saturated heterocycles. The van der Waals surface area contributed by atoms with E-state index in [0.29, 0.717) is 32.9 Å². The molecule has 0 fully saturated rings. The van der Waals surface area contributed by atoms with Crippen molar-refractivity contribution in [3.63, 3.8) is 0 Å². The van der Waals surface area contributed by atoms with Crippen molar-refractivity contribution in [3.05, 3.63) is 32.8 Å². The van der Waals surface area contributed by atoms with Crippen LogP contribution in [-0.4, -0.2) is 38.7 Å². The zero-order valence-electron chi connectivity index (χ0n) is 10.8. The monoisotopic (exact) mass is 378 g/mol. The van der Waals surface area contributed by atoms with Crippen LogP contribution in [0.3, 0.4) is 0 Å². The number of phosphoric acid groups is 1. The Kier molecular flexibility index (Phi) is 9.44. The van der Waals surface area contributed by atoms with Crippen molar-refractivity contribution < 1.29 is 24.4 Å². The number of nitrogens with one attached hydrogen (secondary N) is 1. The molecule has 11 heteroatoms. The zero-order chi connectivity index (χ0) is 16.6. The lowest BCUT2D eigenvalue weighted by Crippen LogP contribution is -2.14. The van der Waals surface area contributed by atoms with Gasteiger partial charge in [-0.15, -0.1) is 0 Å². The summed E-state index contributed by atoms with van der Waals surface area (Å²) in [6.45, 7) is 2.19. The number of hydrogen-bond donors (Lipinski definition) is 5. The van der Waals surface area contributed by atoms with E-state index in [0.717, 1.165) is 0 Å². The van der Waals surface area contributed by atoms with Crippen LogP contribution < -0.4 is 5.43 Å². The Morgan fingerprint density at radius 2 is 1.76 bits per heavy atom. The van der Waals surface area contributed by atoms with E-state index in [1.54, 1.807) is 19.1 Å². The van der Waals surface area contributed by atoms with E-state index in [2.05, 4.69) is 10.5 Å². The summed E-state index contributed by atoms with van der Waals surface area (Å²) in [6, 6.07) is 3.41. The zero-order valence-corrected chi connectivity index (χ0v) is 14.0. The first-order valence-corrected chi connectivity index (χ1v) is 8.08. The average molecular weight is 380 g/mol. The lowest BCUT2D eigenvalue weighted by atomic mass is 10.1. The Hall–Kier alpha value is -0.370. The maximum absolute atomic E-state index is 8.88. The van der Waals surface area contributed by atoms with Gasteiger partial charge in [0, 0.05) is 5.56 Å². The van der Waals surface area contributed by atoms with E-state index in [1.165, 1.54) is 0 Å². The van der Waals surface area contributed by atoms with Crippen LogP contribution in [0.2, 0.25) is 15.1 Å². The molecule has 5 N–H and O–H groups in total. The minimum absolute atomic E-state index is 0.0197. The smallest absolute Gasteiger partial charge is 0.394 e. The predicted molar refractivity (Wildman–Crippen MR) is 83.0 cm³/mol. The minimum atomic E-state index is -4.64. The van der Waals surface area contributed by atoms with Gasteiger partial charge in [0.1, 0.15) is 0 Å². The normalized spacial score (nSPS) is 11.7. The summed E-state index contributed by atoms with van der Waals surface area (Å²) in [5.41, 5.74) is 4.09. The fourth-order valence-corrected chi connectivity index (χ4v) is 1.76. The van der Waals surface area contributed by atoms with Gasteiger partial charge in [0.05, 0.1) is 33.9 Å². The highest BCUT2D eigenvalue weighted by Gasteiger charge is 2.10. The van der Waals surface area contributed by atoms with Gasteiger partial charge in [-0.05, 0) is 13.0 Å². The standard InChI is InChI=1S/C10H11Cl3N2O.H3O4P/c1-6(15-14-4-5-16)7-2-3-8(11)10(13)9(7)12;1-5(2,3)4/h2-3,14,16H,4-5H2,1H3;(H3,1,2,3,4). The third kappa shape index (κ3) is 9.29. The topological polar surface area (TPSA) is 122 Å². The number of halogens is 3. The van der Waals surface area contributed by atoms with Crippen molar-refractivity contribution in [1.29, 1.82) is 0 Å². The molecule has 1 aromatic rings. The summed E-state index contributed by atoms with van der Waals surface area (Å²) >= 11 is 17.8. The van der Waals surface area contributed by atoms with Crippen LogP contribution in [0.4, 0.5) is 0 Å². The molecule has 21 heavy (non-hydrogen) atoms. The van der Waals surface area contributed by atoms with Crippen LogP contribution >= 0.6 is 42.6 Å². The molecule has 0 spiro atoms. The molecule has 0 saturated carbocycles. The van der Waals surface area contributed by atoms with Crippen LogP contribution in [0, 0.1) is 0 Å². The van der Waals surface area contributed by atoms with Gasteiger partial charge in [-0.2, -0.15) is 5.10 Å². The second-order valence-electron chi connectivity index (χ2n) is 3.57. The third-order valence-corrected chi connectivity index (χ3v) is 3.19. The van der Waals surface area contributed by atoms with E-state index in [-0.39, 0.29) is 6.61 Å². The molecule has 0 aliphatic heterocycles. The molecule has 0 heterocycles. The van der Waals surface area contributed by atoms with Gasteiger partial charge >= 0.3 is 7.82 Å². The van der Waals surface area contributed by atoms with Crippen molar-refractivity contribution in [2.75, 3.05) is 13.2 Å². The first kappa shape index (κ1) is 20.6. The molecule has 120 valence electrons. The average Bonchev–Trinajstić information content (AvgIpc) is 2.34. The quantitative estimate of drug-likeness (QED) is 0.179. The van der Waals surface area contributed by atoms with Crippen molar-refractivity contribution in [2.45, 2.75) is 6.92 Å². The van der Waals surface area contributed by atoms with Gasteiger partial charge in [-0.1, -0.05) is 40.9 Å². The number of nitrogens with zero attached hydrogens (tertiary/aromatic N) is 1. The molecule has 0 radical (unpaired) electrons. The molecule has 0 atom stereocenters. The Morgan fingerprint density at radius 3 is 2.24 bits per heavy atom. The molecule has 1 rings (SSSR count). The number of aliphatic hydroxyl groups is 1. The molecule has 0 aromatic heterocycles. The molecule has 0 aliphatic carbocycles. The molecule has 1 aromatic carbocycles. The molecule has 0 aliphatic rings. The second kappa shape index (κ2) is 9.61. The van der Waals surface area contributed by atoms with Gasteiger partial charge in [0.15, 0.2) is 0 Å². The van der Waals surface area contributed by atoms with Crippen molar-refractivity contribution in [3.8, 4) is 0 Å². The molecule has 0 amide bonds. The van der Waals surface area contributed by atoms with Gasteiger partial charge in [-0.3, -0.25) is 0 Å². The Bertz CT molecular complexity index is 541. The van der Waals surface area contributed by atoms with Crippen LogP contribution in [-0.2, 0) is 4.57 Å². The van der Waals surface area contributed by atoms with Crippen molar-refractivity contribution in [1.82, 2.24) is 5.43 Å². The molecular formula is C10H14Cl3N2O5P. The van der Waals surface area contributed by atoms with Gasteiger partial charge in [0.25, 0.3) is 0 Å². The second-order valence-corrected chi connectivity index (χ2v) is 5.75.